The van der Waals surface area contributed by atoms with Crippen LogP contribution in [-0.2, 0) is 19.6 Å². The van der Waals surface area contributed by atoms with Crippen molar-refractivity contribution in [1.29, 1.82) is 0 Å². The van der Waals surface area contributed by atoms with E-state index in [1.165, 1.54) is 6.26 Å². The monoisotopic (exact) mass is 435 g/mol. The lowest BCUT2D eigenvalue weighted by atomic mass is 10.0. The number of carbonyl (C=O) groups is 1. The molecule has 1 unspecified atom stereocenters. The van der Waals surface area contributed by atoms with Crippen LogP contribution < -0.4 is 14.8 Å². The fraction of sp³-hybridized carbons (Fsp3) is 0.360. The van der Waals surface area contributed by atoms with Gasteiger partial charge in [0, 0.05) is 19.1 Å². The van der Waals surface area contributed by atoms with E-state index >= 15 is 0 Å². The molecule has 32 heavy (non-hydrogen) atoms. The van der Waals surface area contributed by atoms with Gasteiger partial charge in [-0.2, -0.15) is 0 Å². The smallest absolute Gasteiger partial charge is 0.273 e. The number of amides is 1. The molecule has 0 bridgehead atoms. The van der Waals surface area contributed by atoms with Crippen LogP contribution in [0.15, 0.2) is 59.2 Å². The Morgan fingerprint density at radius 3 is 2.59 bits per heavy atom. The predicted molar refractivity (Wildman–Crippen MR) is 120 cm³/mol. The minimum absolute atomic E-state index is 0.247. The van der Waals surface area contributed by atoms with E-state index in [1.54, 1.807) is 0 Å². The molecule has 0 aliphatic carbocycles. The summed E-state index contributed by atoms with van der Waals surface area (Å²) in [6.07, 6.45) is 1.43. The number of carbonyl (C=O) groups excluding carboxylic acids is 1. The minimum Gasteiger partial charge on any atom is -0.454 e. The topological polar surface area (TPSA) is 76.8 Å². The van der Waals surface area contributed by atoms with Crippen LogP contribution in [0.1, 0.15) is 48.3 Å². The molecule has 1 aromatic heterocycles. The maximum Gasteiger partial charge on any atom is 0.273 e. The van der Waals surface area contributed by atoms with Gasteiger partial charge in [-0.15, -0.1) is 0 Å². The van der Waals surface area contributed by atoms with Gasteiger partial charge in [-0.1, -0.05) is 50.2 Å². The minimum atomic E-state index is -0.247. The van der Waals surface area contributed by atoms with Crippen molar-refractivity contribution in [2.24, 2.45) is 5.92 Å². The second-order valence-corrected chi connectivity index (χ2v) is 8.37. The van der Waals surface area contributed by atoms with E-state index in [2.05, 4.69) is 36.0 Å². The van der Waals surface area contributed by atoms with E-state index in [4.69, 9.17) is 13.9 Å². The SMILES string of the molecule is CC(C)C(C)N(Cc1ccc2c(c1)OCO2)Cc1nc(C(=O)NCc2ccccc2)co1. The van der Waals surface area contributed by atoms with Gasteiger partial charge in [0.1, 0.15) is 6.26 Å². The Hall–Kier alpha value is -3.32. The molecule has 2 heterocycles. The molecular weight excluding hydrogens is 406 g/mol. The number of fused-ring (bicyclic) bond motifs is 1. The molecule has 1 amide bonds. The molecule has 0 spiro atoms. The van der Waals surface area contributed by atoms with Gasteiger partial charge in [0.15, 0.2) is 17.2 Å². The van der Waals surface area contributed by atoms with Gasteiger partial charge in [0.25, 0.3) is 5.91 Å². The number of rotatable bonds is 9. The van der Waals surface area contributed by atoms with Crippen molar-refractivity contribution in [3.05, 3.63) is 77.5 Å². The average molecular weight is 436 g/mol. The van der Waals surface area contributed by atoms with Crippen LogP contribution in [0.2, 0.25) is 0 Å². The predicted octanol–water partition coefficient (Wildman–Crippen LogP) is 4.38. The molecule has 1 aliphatic heterocycles. The molecule has 7 nitrogen and oxygen atoms in total. The van der Waals surface area contributed by atoms with Crippen molar-refractivity contribution in [2.45, 2.75) is 46.4 Å². The van der Waals surface area contributed by atoms with Crippen LogP contribution in [0.3, 0.4) is 0 Å². The number of aromatic nitrogens is 1. The van der Waals surface area contributed by atoms with Crippen LogP contribution in [0.4, 0.5) is 0 Å². The highest BCUT2D eigenvalue weighted by Gasteiger charge is 2.22. The number of ether oxygens (including phenoxy) is 2. The Kier molecular flexibility index (Phi) is 6.75. The molecule has 1 atom stereocenters. The van der Waals surface area contributed by atoms with Gasteiger partial charge in [-0.3, -0.25) is 9.69 Å². The average Bonchev–Trinajstić information content (AvgIpc) is 3.46. The number of hydrogen-bond acceptors (Lipinski definition) is 6. The van der Waals surface area contributed by atoms with Crippen LogP contribution >= 0.6 is 0 Å². The molecule has 2 aromatic carbocycles. The highest BCUT2D eigenvalue weighted by Crippen LogP contribution is 2.33. The summed E-state index contributed by atoms with van der Waals surface area (Å²) in [6, 6.07) is 16.1. The zero-order valence-electron chi connectivity index (χ0n) is 18.7. The third kappa shape index (κ3) is 5.29. The summed E-state index contributed by atoms with van der Waals surface area (Å²) < 4.78 is 16.6. The molecule has 1 N–H and O–H groups in total. The van der Waals surface area contributed by atoms with Gasteiger partial charge < -0.3 is 19.2 Å². The van der Waals surface area contributed by atoms with Gasteiger partial charge in [-0.05, 0) is 36.1 Å². The van der Waals surface area contributed by atoms with E-state index in [1.807, 2.05) is 48.5 Å². The van der Waals surface area contributed by atoms with Crippen molar-refractivity contribution >= 4 is 5.91 Å². The van der Waals surface area contributed by atoms with Crippen LogP contribution in [-0.4, -0.2) is 28.6 Å². The molecule has 0 saturated heterocycles. The van der Waals surface area contributed by atoms with E-state index < -0.39 is 0 Å². The maximum atomic E-state index is 12.5. The van der Waals surface area contributed by atoms with Gasteiger partial charge in [0.05, 0.1) is 6.54 Å². The molecule has 0 saturated carbocycles. The highest BCUT2D eigenvalue weighted by atomic mass is 16.7. The summed E-state index contributed by atoms with van der Waals surface area (Å²) in [7, 11) is 0. The molecule has 168 valence electrons. The lowest BCUT2D eigenvalue weighted by molar-refractivity contribution is 0.0945. The first-order valence-electron chi connectivity index (χ1n) is 10.9. The van der Waals surface area contributed by atoms with Crippen molar-refractivity contribution in [2.75, 3.05) is 6.79 Å². The Bertz CT molecular complexity index is 1050. The Morgan fingerprint density at radius 1 is 1.03 bits per heavy atom. The van der Waals surface area contributed by atoms with Crippen LogP contribution in [0.5, 0.6) is 11.5 Å². The third-order valence-corrected chi connectivity index (χ3v) is 5.78. The number of nitrogens with one attached hydrogen (secondary N) is 1. The normalized spacial score (nSPS) is 13.5. The second kappa shape index (κ2) is 9.87. The number of oxazole rings is 1. The van der Waals surface area contributed by atoms with Crippen LogP contribution in [0, 0.1) is 5.92 Å². The number of hydrogen-bond donors (Lipinski definition) is 1. The third-order valence-electron chi connectivity index (χ3n) is 5.78. The first-order valence-corrected chi connectivity index (χ1v) is 10.9. The largest absolute Gasteiger partial charge is 0.454 e. The quantitative estimate of drug-likeness (QED) is 0.538. The van der Waals surface area contributed by atoms with Crippen molar-refractivity contribution in [3.8, 4) is 11.5 Å². The van der Waals surface area contributed by atoms with E-state index in [9.17, 15) is 4.79 Å². The molecule has 1 aliphatic rings. The standard InChI is InChI=1S/C25H29N3O4/c1-17(2)18(3)28(13-20-9-10-22-23(11-20)32-16-31-22)14-24-27-21(15-30-24)25(29)26-12-19-7-5-4-6-8-19/h4-11,15,17-18H,12-14,16H2,1-3H3,(H,26,29). The summed E-state index contributed by atoms with van der Waals surface area (Å²) in [4.78, 5) is 19.2. The summed E-state index contributed by atoms with van der Waals surface area (Å²) in [5.74, 6) is 2.25. The van der Waals surface area contributed by atoms with Gasteiger partial charge >= 0.3 is 0 Å². The highest BCUT2D eigenvalue weighted by molar-refractivity contribution is 5.91. The molecular formula is C25H29N3O4. The van der Waals surface area contributed by atoms with Crippen LogP contribution in [0.25, 0.3) is 0 Å². The molecule has 0 fully saturated rings. The fourth-order valence-corrected chi connectivity index (χ4v) is 3.57. The zero-order chi connectivity index (χ0) is 22.5. The van der Waals surface area contributed by atoms with Crippen molar-refractivity contribution < 1.29 is 18.7 Å². The first-order chi connectivity index (χ1) is 15.5. The number of nitrogens with zero attached hydrogens (tertiary/aromatic N) is 2. The zero-order valence-corrected chi connectivity index (χ0v) is 18.7. The van der Waals surface area contributed by atoms with Gasteiger partial charge in [0.2, 0.25) is 12.7 Å². The van der Waals surface area contributed by atoms with E-state index in [0.717, 1.165) is 22.6 Å². The molecule has 3 aromatic rings. The fourth-order valence-electron chi connectivity index (χ4n) is 3.57. The Balaban J connectivity index is 1.42. The number of benzene rings is 2. The van der Waals surface area contributed by atoms with Crippen molar-refractivity contribution in [1.82, 2.24) is 15.2 Å². The molecule has 4 rings (SSSR count). The lowest BCUT2D eigenvalue weighted by Crippen LogP contribution is -2.36. The van der Waals surface area contributed by atoms with E-state index in [0.29, 0.717) is 31.4 Å². The van der Waals surface area contributed by atoms with Gasteiger partial charge in [-0.25, -0.2) is 4.98 Å². The second-order valence-electron chi connectivity index (χ2n) is 8.37. The molecule has 7 heteroatoms. The Labute approximate surface area is 188 Å². The summed E-state index contributed by atoms with van der Waals surface area (Å²) in [5, 5.41) is 2.89. The van der Waals surface area contributed by atoms with Crippen molar-refractivity contribution in [3.63, 3.8) is 0 Å². The summed E-state index contributed by atoms with van der Waals surface area (Å²) in [5.41, 5.74) is 2.44. The summed E-state index contributed by atoms with van der Waals surface area (Å²) in [6.45, 7) is 8.48. The Morgan fingerprint density at radius 2 is 1.81 bits per heavy atom. The first kappa shape index (κ1) is 21.9. The van der Waals surface area contributed by atoms with E-state index in [-0.39, 0.29) is 24.4 Å². The molecule has 0 radical (unpaired) electrons. The summed E-state index contributed by atoms with van der Waals surface area (Å²) >= 11 is 0. The lowest BCUT2D eigenvalue weighted by Gasteiger charge is -2.30. The maximum absolute atomic E-state index is 12.5.